The summed E-state index contributed by atoms with van der Waals surface area (Å²) in [7, 11) is -9.90. The lowest BCUT2D eigenvalue weighted by molar-refractivity contribution is -0.161. The zero-order valence-corrected chi connectivity index (χ0v) is 58.1. The highest BCUT2D eigenvalue weighted by Gasteiger charge is 2.30. The van der Waals surface area contributed by atoms with Crippen LogP contribution in [0.1, 0.15) is 330 Å². The molecule has 88 heavy (non-hydrogen) atoms. The fourth-order valence-electron chi connectivity index (χ4n) is 9.93. The Kier molecular flexibility index (Phi) is 60.3. The molecule has 0 aromatic heterocycles. The fourth-order valence-corrected chi connectivity index (χ4v) is 11.5. The number of unbranched alkanes of at least 4 members (excludes halogenated alkanes) is 36. The molecule has 0 heterocycles. The molecule has 0 aromatic carbocycles. The van der Waals surface area contributed by atoms with E-state index >= 15 is 0 Å². The number of phosphoric acid groups is 2. The molecular weight excluding hydrogens is 1160 g/mol. The molecule has 17 nitrogen and oxygen atoms in total. The van der Waals surface area contributed by atoms with Gasteiger partial charge in [0.25, 0.3) is 0 Å². The highest BCUT2D eigenvalue weighted by Crippen LogP contribution is 2.45. The molecule has 0 amide bonds. The number of hydrogen-bond donors (Lipinski definition) is 3. The van der Waals surface area contributed by atoms with Crippen molar-refractivity contribution in [2.75, 3.05) is 39.6 Å². The van der Waals surface area contributed by atoms with E-state index in [2.05, 4.69) is 58.9 Å². The number of carbonyl (C=O) groups excluding carboxylic acids is 4. The summed E-state index contributed by atoms with van der Waals surface area (Å²) in [5.41, 5.74) is 0. The van der Waals surface area contributed by atoms with E-state index in [-0.39, 0.29) is 25.7 Å². The number of ether oxygens (including phenoxy) is 4. The van der Waals surface area contributed by atoms with Crippen LogP contribution in [0.2, 0.25) is 0 Å². The van der Waals surface area contributed by atoms with Gasteiger partial charge in [0, 0.05) is 25.7 Å². The van der Waals surface area contributed by atoms with Crippen LogP contribution in [0.15, 0.2) is 24.3 Å². The molecule has 2 unspecified atom stereocenters. The molecule has 0 bridgehead atoms. The zero-order chi connectivity index (χ0) is 64.9. The minimum Gasteiger partial charge on any atom is -0.462 e. The van der Waals surface area contributed by atoms with Crippen LogP contribution in [0.3, 0.4) is 0 Å². The molecule has 0 aliphatic heterocycles. The molecule has 3 N–H and O–H groups in total. The topological polar surface area (TPSA) is 237 Å². The molecule has 0 rings (SSSR count). The summed E-state index contributed by atoms with van der Waals surface area (Å²) in [6.07, 6.45) is 51.1. The predicted octanol–water partition coefficient (Wildman–Crippen LogP) is 19.3. The third-order valence-electron chi connectivity index (χ3n) is 15.4. The Labute approximate surface area is 535 Å². The number of aliphatic hydroxyl groups excluding tert-OH is 1. The van der Waals surface area contributed by atoms with Gasteiger partial charge < -0.3 is 33.8 Å². The predicted molar refractivity (Wildman–Crippen MR) is 354 cm³/mol. The Bertz CT molecular complexity index is 1800. The molecular formula is C69H130O17P2. The second-order valence-electron chi connectivity index (χ2n) is 24.7. The maximum Gasteiger partial charge on any atom is 0.472 e. The zero-order valence-electron chi connectivity index (χ0n) is 56.3. The first-order valence-corrected chi connectivity index (χ1v) is 38.4. The maximum absolute atomic E-state index is 13.0. The van der Waals surface area contributed by atoms with Crippen molar-refractivity contribution in [1.82, 2.24) is 0 Å². The van der Waals surface area contributed by atoms with Crippen LogP contribution in [0.4, 0.5) is 0 Å². The third kappa shape index (κ3) is 62.4. The van der Waals surface area contributed by atoms with E-state index in [1.807, 2.05) is 0 Å². The number of phosphoric ester groups is 2. The van der Waals surface area contributed by atoms with E-state index in [0.717, 1.165) is 115 Å². The van der Waals surface area contributed by atoms with Crippen LogP contribution >= 0.6 is 15.6 Å². The minimum atomic E-state index is -4.96. The van der Waals surface area contributed by atoms with Gasteiger partial charge in [-0.2, -0.15) is 0 Å². The molecule has 0 spiro atoms. The van der Waals surface area contributed by atoms with Crippen molar-refractivity contribution in [2.24, 2.45) is 5.92 Å². The molecule has 518 valence electrons. The van der Waals surface area contributed by atoms with Crippen LogP contribution in [-0.4, -0.2) is 96.7 Å². The van der Waals surface area contributed by atoms with E-state index < -0.39 is 97.5 Å². The van der Waals surface area contributed by atoms with Crippen molar-refractivity contribution in [3.8, 4) is 0 Å². The van der Waals surface area contributed by atoms with Crippen LogP contribution in [0.5, 0.6) is 0 Å². The Hall–Kier alpha value is -2.46. The van der Waals surface area contributed by atoms with Gasteiger partial charge in [0.05, 0.1) is 26.4 Å². The summed E-state index contributed by atoms with van der Waals surface area (Å²) in [6.45, 7) is 7.07. The number of hydrogen-bond acceptors (Lipinski definition) is 15. The van der Waals surface area contributed by atoms with Crippen molar-refractivity contribution in [3.05, 3.63) is 24.3 Å². The summed E-state index contributed by atoms with van der Waals surface area (Å²) < 4.78 is 68.0. The van der Waals surface area contributed by atoms with Crippen LogP contribution in [0.25, 0.3) is 0 Å². The molecule has 5 atom stereocenters. The van der Waals surface area contributed by atoms with Gasteiger partial charge in [-0.05, 0) is 57.3 Å². The monoisotopic (exact) mass is 1290 g/mol. The molecule has 0 radical (unpaired) electrons. The van der Waals surface area contributed by atoms with Gasteiger partial charge in [0.15, 0.2) is 12.2 Å². The Morgan fingerprint density at radius 2 is 0.614 bits per heavy atom. The number of esters is 4. The highest BCUT2D eigenvalue weighted by molar-refractivity contribution is 7.47. The number of aliphatic hydroxyl groups is 1. The first-order valence-electron chi connectivity index (χ1n) is 35.5. The smallest absolute Gasteiger partial charge is 0.462 e. The SMILES string of the molecule is CCCCCC/C=C\C=C/CCCCCCCC(=O)O[C@H](COC(=O)CCCCCCCCCCCCCCCCC)COP(=O)(O)OC[C@@H](O)COP(=O)(O)OC[C@@H](COC(=O)CCCCCCC)OC(=O)CCCCCCCCCCCCC(C)C. The van der Waals surface area contributed by atoms with Crippen molar-refractivity contribution in [1.29, 1.82) is 0 Å². The molecule has 0 saturated carbocycles. The fraction of sp³-hybridized carbons (Fsp3) is 0.884. The normalized spacial score (nSPS) is 14.3. The number of carbonyl (C=O) groups is 4. The van der Waals surface area contributed by atoms with E-state index in [1.165, 1.54) is 135 Å². The quantitative estimate of drug-likeness (QED) is 0.0169. The average molecular weight is 1290 g/mol. The Morgan fingerprint density at radius 3 is 0.932 bits per heavy atom. The summed E-state index contributed by atoms with van der Waals surface area (Å²) in [6, 6.07) is 0. The molecule has 0 aromatic rings. The van der Waals surface area contributed by atoms with Crippen LogP contribution in [0, 0.1) is 5.92 Å². The second kappa shape index (κ2) is 62.0. The number of allylic oxidation sites excluding steroid dienone is 4. The standard InChI is InChI=1S/C69H130O17P2/c1-6-9-12-15-17-19-21-23-25-27-29-34-38-43-48-53-67(72)80-59-65(86-69(74)54-49-44-39-35-30-28-26-24-22-20-18-16-13-10-7-2)61-84-88(77,78)82-57-63(70)56-81-87(75,76)83-60-64(58-79-66(71)52-47-41-14-11-8-3)85-68(73)55-50-45-40-36-32-31-33-37-42-46-51-62(4)5/h20,22,24,26,62-65,70H,6-19,21,23,25,27-61H2,1-5H3,(H,75,76)(H,77,78)/b22-20-,26-24-/t63-,64+,65+/m0/s1. The highest BCUT2D eigenvalue weighted by atomic mass is 31.2. The summed E-state index contributed by atoms with van der Waals surface area (Å²) >= 11 is 0. The Morgan fingerprint density at radius 1 is 0.352 bits per heavy atom. The minimum absolute atomic E-state index is 0.0854. The van der Waals surface area contributed by atoms with Crippen molar-refractivity contribution < 1.29 is 80.2 Å². The number of rotatable bonds is 67. The molecule has 0 aliphatic carbocycles. The summed E-state index contributed by atoms with van der Waals surface area (Å²) in [4.78, 5) is 72.2. The summed E-state index contributed by atoms with van der Waals surface area (Å²) in [5.74, 6) is -1.41. The van der Waals surface area contributed by atoms with E-state index in [1.54, 1.807) is 0 Å². The lowest BCUT2D eigenvalue weighted by Gasteiger charge is -2.21. The molecule has 19 heteroatoms. The van der Waals surface area contributed by atoms with E-state index in [9.17, 15) is 43.2 Å². The lowest BCUT2D eigenvalue weighted by Crippen LogP contribution is -2.30. The Balaban J connectivity index is 5.20. The third-order valence-corrected chi connectivity index (χ3v) is 17.3. The van der Waals surface area contributed by atoms with Crippen LogP contribution < -0.4 is 0 Å². The van der Waals surface area contributed by atoms with Gasteiger partial charge in [-0.15, -0.1) is 0 Å². The van der Waals surface area contributed by atoms with Crippen molar-refractivity contribution in [2.45, 2.75) is 348 Å². The molecule has 0 aliphatic rings. The van der Waals surface area contributed by atoms with Gasteiger partial charge in [-0.25, -0.2) is 9.13 Å². The summed E-state index contributed by atoms with van der Waals surface area (Å²) in [5, 5.41) is 10.5. The lowest BCUT2D eigenvalue weighted by atomic mass is 10.0. The van der Waals surface area contributed by atoms with Gasteiger partial charge in [-0.3, -0.25) is 37.3 Å². The van der Waals surface area contributed by atoms with Crippen LogP contribution in [-0.2, 0) is 65.4 Å². The van der Waals surface area contributed by atoms with Gasteiger partial charge in [0.2, 0.25) is 0 Å². The van der Waals surface area contributed by atoms with Gasteiger partial charge in [-0.1, -0.05) is 277 Å². The molecule has 0 fully saturated rings. The second-order valence-corrected chi connectivity index (χ2v) is 27.6. The van der Waals surface area contributed by atoms with Crippen molar-refractivity contribution >= 4 is 39.5 Å². The van der Waals surface area contributed by atoms with Crippen molar-refractivity contribution in [3.63, 3.8) is 0 Å². The first-order chi connectivity index (χ1) is 42.5. The first kappa shape index (κ1) is 85.5. The average Bonchev–Trinajstić information content (AvgIpc) is 3.71. The maximum atomic E-state index is 13.0. The van der Waals surface area contributed by atoms with Gasteiger partial charge in [0.1, 0.15) is 19.3 Å². The molecule has 0 saturated heterocycles. The van der Waals surface area contributed by atoms with E-state index in [4.69, 9.17) is 37.0 Å². The van der Waals surface area contributed by atoms with Gasteiger partial charge >= 0.3 is 39.5 Å². The van der Waals surface area contributed by atoms with E-state index in [0.29, 0.717) is 25.7 Å². The largest absolute Gasteiger partial charge is 0.472 e.